The number of epoxide rings is 1. The molecular weight excluding hydrogens is 454 g/mol. The van der Waals surface area contributed by atoms with Crippen molar-refractivity contribution >= 4 is 20.0 Å². The lowest BCUT2D eigenvalue weighted by molar-refractivity contribution is -0.191. The number of aliphatic hydroxyl groups excluding tert-OH is 1. The van der Waals surface area contributed by atoms with Crippen LogP contribution in [0.25, 0.3) is 0 Å². The van der Waals surface area contributed by atoms with E-state index >= 15 is 0 Å². The smallest absolute Gasteiger partial charge is 0.277 e. The van der Waals surface area contributed by atoms with Gasteiger partial charge in [-0.05, 0) is 38.5 Å². The molecule has 3 aliphatic rings. The van der Waals surface area contributed by atoms with Crippen molar-refractivity contribution in [2.24, 2.45) is 0 Å². The number of carbonyl (C=O) groups excluding carboxylic acids is 2. The molecule has 1 aromatic rings. The van der Waals surface area contributed by atoms with Gasteiger partial charge in [0.05, 0.1) is 0 Å². The number of hydrogen-bond donors (Lipinski definition) is 2. The monoisotopic (exact) mass is 487 g/mol. The molecule has 2 fully saturated rings. The highest BCUT2D eigenvalue weighted by molar-refractivity contribution is 6.69. The Morgan fingerprint density at radius 3 is 2.50 bits per heavy atom. The van der Waals surface area contributed by atoms with Crippen molar-refractivity contribution in [3.05, 3.63) is 59.4 Å². The fraction of sp³-hybridized carbons (Fsp3) is 0.520. The summed E-state index contributed by atoms with van der Waals surface area (Å²) >= 11 is 0. The minimum absolute atomic E-state index is 0.212. The summed E-state index contributed by atoms with van der Waals surface area (Å²) in [5, 5.41) is 14.2. The number of ketones is 1. The zero-order valence-corrected chi connectivity index (χ0v) is 21.5. The molecular formula is C25H33NO7Si. The number of hydrogen-bond acceptors (Lipinski definition) is 7. The molecule has 0 radical (unpaired) electrons. The van der Waals surface area contributed by atoms with Gasteiger partial charge < -0.3 is 29.1 Å². The number of benzene rings is 1. The summed E-state index contributed by atoms with van der Waals surface area (Å²) in [6.07, 6.45) is 1.56. The zero-order chi connectivity index (χ0) is 24.9. The maximum absolute atomic E-state index is 13.7. The summed E-state index contributed by atoms with van der Waals surface area (Å²) in [6, 6.07) is 8.82. The van der Waals surface area contributed by atoms with Gasteiger partial charge in [-0.15, -0.1) is 0 Å². The first-order chi connectivity index (χ1) is 16.0. The van der Waals surface area contributed by atoms with Gasteiger partial charge in [0.2, 0.25) is 11.5 Å². The van der Waals surface area contributed by atoms with Gasteiger partial charge in [0.1, 0.15) is 24.1 Å². The number of amides is 1. The van der Waals surface area contributed by atoms with Crippen molar-refractivity contribution in [2.45, 2.75) is 75.7 Å². The molecule has 1 spiro atoms. The normalized spacial score (nSPS) is 34.1. The third-order valence-electron chi connectivity index (χ3n) is 6.40. The summed E-state index contributed by atoms with van der Waals surface area (Å²) in [5.41, 5.74) is -2.93. The van der Waals surface area contributed by atoms with Crippen LogP contribution in [0.4, 0.5) is 0 Å². The number of ether oxygens (including phenoxy) is 3. The van der Waals surface area contributed by atoms with Crippen LogP contribution in [0.15, 0.2) is 53.8 Å². The van der Waals surface area contributed by atoms with Gasteiger partial charge in [-0.2, -0.15) is 0 Å². The van der Waals surface area contributed by atoms with Crippen LogP contribution in [-0.4, -0.2) is 61.9 Å². The third kappa shape index (κ3) is 3.85. The molecule has 0 aromatic heterocycles. The molecule has 8 nitrogen and oxygen atoms in total. The zero-order valence-electron chi connectivity index (χ0n) is 20.5. The standard InChI is InChI=1S/C25H33NO7Si/c1-7-8-14-17-19(31-17)18-15(2)20(27)24(32-18)22(33-34(4,5)6)25(30-3,26-23(24)29)21(28)16-12-10-9-11-13-16/h8-14,17,19,21-22,28H,7H2,1-6H3,(H,26,29)/b14-8-/t17-,19+,21?,22-,24-,25-/m1/s1. The van der Waals surface area contributed by atoms with E-state index in [1.807, 2.05) is 44.8 Å². The lowest BCUT2D eigenvalue weighted by atomic mass is 9.84. The number of methoxy groups -OCH3 is 1. The van der Waals surface area contributed by atoms with E-state index in [0.717, 1.165) is 6.42 Å². The van der Waals surface area contributed by atoms with Crippen LogP contribution in [-0.2, 0) is 28.2 Å². The number of nitrogens with one attached hydrogen (secondary N) is 1. The molecule has 34 heavy (non-hydrogen) atoms. The molecule has 6 atom stereocenters. The number of aliphatic hydroxyl groups is 1. The SMILES string of the molecule is CC/C=C\[C@H]1O[C@@H]1C1=C(C)C(=O)[C@]2(O1)C(=O)N[C@@](OC)(C(O)c1ccccc1)[C@@H]2O[Si](C)(C)C. The predicted molar refractivity (Wildman–Crippen MR) is 127 cm³/mol. The van der Waals surface area contributed by atoms with Gasteiger partial charge in [-0.3, -0.25) is 9.59 Å². The average Bonchev–Trinajstić information content (AvgIpc) is 3.47. The number of carbonyl (C=O) groups is 2. The first kappa shape index (κ1) is 24.8. The topological polar surface area (TPSA) is 107 Å². The Hall–Kier alpha value is -2.30. The van der Waals surface area contributed by atoms with E-state index in [-0.39, 0.29) is 6.10 Å². The second-order valence-corrected chi connectivity index (χ2v) is 14.3. The summed E-state index contributed by atoms with van der Waals surface area (Å²) in [6.45, 7) is 9.47. The molecule has 3 aliphatic heterocycles. The van der Waals surface area contributed by atoms with E-state index in [2.05, 4.69) is 5.32 Å². The average molecular weight is 488 g/mol. The summed E-state index contributed by atoms with van der Waals surface area (Å²) in [5.74, 6) is -0.874. The maximum atomic E-state index is 13.7. The highest BCUT2D eigenvalue weighted by Gasteiger charge is 2.75. The van der Waals surface area contributed by atoms with E-state index in [4.69, 9.17) is 18.6 Å². The minimum Gasteiger partial charge on any atom is -0.467 e. The van der Waals surface area contributed by atoms with Gasteiger partial charge in [-0.1, -0.05) is 49.4 Å². The molecule has 184 valence electrons. The highest BCUT2D eigenvalue weighted by Crippen LogP contribution is 2.51. The van der Waals surface area contributed by atoms with Crippen LogP contribution in [0, 0.1) is 0 Å². The van der Waals surface area contributed by atoms with E-state index in [0.29, 0.717) is 16.9 Å². The summed E-state index contributed by atoms with van der Waals surface area (Å²) in [7, 11) is -1.01. The van der Waals surface area contributed by atoms with Gasteiger partial charge in [-0.25, -0.2) is 0 Å². The summed E-state index contributed by atoms with van der Waals surface area (Å²) < 4.78 is 24.3. The predicted octanol–water partition coefficient (Wildman–Crippen LogP) is 2.76. The Bertz CT molecular complexity index is 1030. The molecule has 2 N–H and O–H groups in total. The van der Waals surface area contributed by atoms with Crippen LogP contribution in [0.5, 0.6) is 0 Å². The third-order valence-corrected chi connectivity index (χ3v) is 7.34. The fourth-order valence-electron chi connectivity index (χ4n) is 4.68. The lowest BCUT2D eigenvalue weighted by Gasteiger charge is -2.42. The molecule has 3 heterocycles. The van der Waals surface area contributed by atoms with Crippen molar-refractivity contribution in [1.29, 1.82) is 0 Å². The molecule has 0 aliphatic carbocycles. The molecule has 9 heteroatoms. The Labute approximate surface area is 201 Å². The van der Waals surface area contributed by atoms with Crippen LogP contribution in [0.2, 0.25) is 19.6 Å². The largest absolute Gasteiger partial charge is 0.467 e. The Morgan fingerprint density at radius 2 is 1.91 bits per heavy atom. The maximum Gasteiger partial charge on any atom is 0.277 e. The van der Waals surface area contributed by atoms with E-state index in [9.17, 15) is 14.7 Å². The highest BCUT2D eigenvalue weighted by atomic mass is 28.4. The Balaban J connectivity index is 1.77. The van der Waals surface area contributed by atoms with Crippen molar-refractivity contribution in [3.63, 3.8) is 0 Å². The molecule has 1 amide bonds. The Morgan fingerprint density at radius 1 is 1.24 bits per heavy atom. The second-order valence-electron chi connectivity index (χ2n) is 9.89. The molecule has 4 rings (SSSR count). The second kappa shape index (κ2) is 8.73. The number of Topliss-reactive ketones (excluding diaryl/α,β-unsaturated/α-hetero) is 1. The van der Waals surface area contributed by atoms with Crippen LogP contribution >= 0.6 is 0 Å². The first-order valence-corrected chi connectivity index (χ1v) is 15.0. The van der Waals surface area contributed by atoms with Crippen molar-refractivity contribution < 1.29 is 33.3 Å². The van der Waals surface area contributed by atoms with E-state index in [1.54, 1.807) is 31.2 Å². The Kier molecular flexibility index (Phi) is 6.37. The fourth-order valence-corrected chi connectivity index (χ4v) is 5.73. The van der Waals surface area contributed by atoms with Crippen LogP contribution < -0.4 is 5.32 Å². The minimum atomic E-state index is -2.39. The van der Waals surface area contributed by atoms with Gasteiger partial charge in [0.25, 0.3) is 11.5 Å². The lowest BCUT2D eigenvalue weighted by Crippen LogP contribution is -2.63. The number of rotatable bonds is 8. The van der Waals surface area contributed by atoms with Crippen molar-refractivity contribution in [1.82, 2.24) is 5.32 Å². The molecule has 0 bridgehead atoms. The van der Waals surface area contributed by atoms with E-state index in [1.165, 1.54) is 7.11 Å². The summed E-state index contributed by atoms with van der Waals surface area (Å²) in [4.78, 5) is 27.4. The quantitative estimate of drug-likeness (QED) is 0.251. The molecule has 1 unspecified atom stereocenters. The molecule has 1 aromatic carbocycles. The molecule has 2 saturated heterocycles. The van der Waals surface area contributed by atoms with Gasteiger partial charge >= 0.3 is 0 Å². The molecule has 0 saturated carbocycles. The first-order valence-electron chi connectivity index (χ1n) is 11.6. The van der Waals surface area contributed by atoms with Crippen molar-refractivity contribution in [2.75, 3.05) is 7.11 Å². The van der Waals surface area contributed by atoms with Crippen molar-refractivity contribution in [3.8, 4) is 0 Å². The number of allylic oxidation sites excluding steroid dienone is 1. The van der Waals surface area contributed by atoms with Crippen LogP contribution in [0.3, 0.4) is 0 Å². The van der Waals surface area contributed by atoms with Crippen LogP contribution in [0.1, 0.15) is 31.9 Å². The van der Waals surface area contributed by atoms with Gasteiger partial charge in [0.15, 0.2) is 14.4 Å². The van der Waals surface area contributed by atoms with Gasteiger partial charge in [0, 0.05) is 12.7 Å². The van der Waals surface area contributed by atoms with E-state index < -0.39 is 49.6 Å².